The molecule has 1 heterocycles. The molecule has 0 radical (unpaired) electrons. The van der Waals surface area contributed by atoms with Gasteiger partial charge < -0.3 is 14.4 Å². The molecule has 9 heteroatoms. The summed E-state index contributed by atoms with van der Waals surface area (Å²) in [6, 6.07) is 3.45. The van der Waals surface area contributed by atoms with Crippen molar-refractivity contribution in [1.29, 1.82) is 0 Å². The van der Waals surface area contributed by atoms with E-state index in [-0.39, 0.29) is 22.8 Å². The van der Waals surface area contributed by atoms with Crippen molar-refractivity contribution < 1.29 is 23.1 Å². The van der Waals surface area contributed by atoms with E-state index in [4.69, 9.17) is 15.0 Å². The molecule has 0 aliphatic rings. The van der Waals surface area contributed by atoms with Gasteiger partial charge in [-0.2, -0.15) is 0 Å². The standard InChI is InChI=1S/C12H13N3O5S/c13-21(18,19)9-1-2-11(10(7-9)12(16)17)20-6-5-15-4-3-14-8-15/h1-4,7-8H,5-6H2,(H,16,17)(H2,13,18,19). The summed E-state index contributed by atoms with van der Waals surface area (Å²) >= 11 is 0. The summed E-state index contributed by atoms with van der Waals surface area (Å²) < 4.78 is 29.6. The van der Waals surface area contributed by atoms with Crippen LogP contribution in [0.1, 0.15) is 10.4 Å². The van der Waals surface area contributed by atoms with E-state index in [9.17, 15) is 13.2 Å². The largest absolute Gasteiger partial charge is 0.491 e. The van der Waals surface area contributed by atoms with Crippen LogP contribution in [0.5, 0.6) is 5.75 Å². The molecular weight excluding hydrogens is 298 g/mol. The number of nitrogens with zero attached hydrogens (tertiary/aromatic N) is 2. The first-order valence-corrected chi connectivity index (χ1v) is 7.41. The molecule has 0 unspecified atom stereocenters. The van der Waals surface area contributed by atoms with Gasteiger partial charge in [-0.25, -0.2) is 23.3 Å². The van der Waals surface area contributed by atoms with Gasteiger partial charge in [0.1, 0.15) is 17.9 Å². The van der Waals surface area contributed by atoms with E-state index in [2.05, 4.69) is 4.98 Å². The fourth-order valence-electron chi connectivity index (χ4n) is 1.66. The van der Waals surface area contributed by atoms with Crippen LogP contribution < -0.4 is 9.88 Å². The number of primary sulfonamides is 1. The number of nitrogens with two attached hydrogens (primary N) is 1. The first-order chi connectivity index (χ1) is 9.88. The lowest BCUT2D eigenvalue weighted by molar-refractivity contribution is 0.0691. The van der Waals surface area contributed by atoms with Gasteiger partial charge in [-0.3, -0.25) is 0 Å². The van der Waals surface area contributed by atoms with Crippen LogP contribution in [0.3, 0.4) is 0 Å². The third-order valence-electron chi connectivity index (χ3n) is 2.68. The van der Waals surface area contributed by atoms with Crippen LogP contribution in [0.2, 0.25) is 0 Å². The molecule has 112 valence electrons. The number of carbonyl (C=O) groups is 1. The third-order valence-corrected chi connectivity index (χ3v) is 3.59. The van der Waals surface area contributed by atoms with Crippen molar-refractivity contribution in [2.45, 2.75) is 11.4 Å². The second kappa shape index (κ2) is 5.94. The molecule has 2 rings (SSSR count). The second-order valence-corrected chi connectivity index (χ2v) is 5.72. The lowest BCUT2D eigenvalue weighted by Crippen LogP contribution is -2.14. The highest BCUT2D eigenvalue weighted by Crippen LogP contribution is 2.22. The zero-order chi connectivity index (χ0) is 15.5. The van der Waals surface area contributed by atoms with E-state index in [0.717, 1.165) is 6.07 Å². The van der Waals surface area contributed by atoms with Gasteiger partial charge in [0.05, 0.1) is 17.8 Å². The summed E-state index contributed by atoms with van der Waals surface area (Å²) in [5.74, 6) is -1.21. The molecule has 0 saturated heterocycles. The molecule has 0 bridgehead atoms. The molecule has 0 aliphatic heterocycles. The summed E-state index contributed by atoms with van der Waals surface area (Å²) in [4.78, 5) is 14.8. The van der Waals surface area contributed by atoms with Crippen molar-refractivity contribution in [2.75, 3.05) is 6.61 Å². The Bertz CT molecular complexity index is 740. The van der Waals surface area contributed by atoms with E-state index in [1.165, 1.54) is 12.1 Å². The summed E-state index contributed by atoms with van der Waals surface area (Å²) in [6.45, 7) is 0.696. The molecule has 0 saturated carbocycles. The highest BCUT2D eigenvalue weighted by Gasteiger charge is 2.16. The summed E-state index contributed by atoms with van der Waals surface area (Å²) in [5.41, 5.74) is -0.257. The molecule has 3 N–H and O–H groups in total. The molecule has 21 heavy (non-hydrogen) atoms. The Labute approximate surface area is 120 Å². The van der Waals surface area contributed by atoms with Crippen LogP contribution in [-0.2, 0) is 16.6 Å². The maximum atomic E-state index is 11.2. The number of carboxylic acids is 1. The predicted molar refractivity (Wildman–Crippen MR) is 72.5 cm³/mol. The second-order valence-electron chi connectivity index (χ2n) is 4.16. The van der Waals surface area contributed by atoms with Crippen molar-refractivity contribution in [1.82, 2.24) is 9.55 Å². The van der Waals surface area contributed by atoms with Gasteiger partial charge >= 0.3 is 5.97 Å². The van der Waals surface area contributed by atoms with Crippen molar-refractivity contribution in [3.8, 4) is 5.75 Å². The average molecular weight is 311 g/mol. The fourth-order valence-corrected chi connectivity index (χ4v) is 2.20. The van der Waals surface area contributed by atoms with Crippen LogP contribution in [0.25, 0.3) is 0 Å². The minimum atomic E-state index is -3.96. The topological polar surface area (TPSA) is 125 Å². The number of imidazole rings is 1. The van der Waals surface area contributed by atoms with Gasteiger partial charge in [-0.05, 0) is 18.2 Å². The number of ether oxygens (including phenoxy) is 1. The van der Waals surface area contributed by atoms with Crippen molar-refractivity contribution in [3.63, 3.8) is 0 Å². The monoisotopic (exact) mass is 311 g/mol. The average Bonchev–Trinajstić information content (AvgIpc) is 2.90. The molecule has 1 aromatic heterocycles. The number of rotatable bonds is 6. The number of sulfonamides is 1. The molecule has 2 aromatic rings. The molecule has 0 aliphatic carbocycles. The summed E-state index contributed by atoms with van der Waals surface area (Å²) in [5, 5.41) is 14.1. The molecule has 0 amide bonds. The Morgan fingerprint density at radius 2 is 2.19 bits per heavy atom. The molecule has 0 fully saturated rings. The first kappa shape index (κ1) is 15.0. The lowest BCUT2D eigenvalue weighted by atomic mass is 10.2. The molecule has 8 nitrogen and oxygen atoms in total. The minimum absolute atomic E-state index is 0.0787. The van der Waals surface area contributed by atoms with E-state index in [1.807, 2.05) is 0 Å². The number of aromatic carboxylic acids is 1. The maximum Gasteiger partial charge on any atom is 0.339 e. The molecule has 0 atom stereocenters. The zero-order valence-electron chi connectivity index (χ0n) is 10.8. The Hall–Kier alpha value is -2.39. The highest BCUT2D eigenvalue weighted by molar-refractivity contribution is 7.89. The predicted octanol–water partition coefficient (Wildman–Crippen LogP) is 0.308. The SMILES string of the molecule is NS(=O)(=O)c1ccc(OCCn2ccnc2)c(C(=O)O)c1. The van der Waals surface area contributed by atoms with Crippen LogP contribution in [0, 0.1) is 0 Å². The Morgan fingerprint density at radius 1 is 1.43 bits per heavy atom. The van der Waals surface area contributed by atoms with Gasteiger partial charge in [-0.15, -0.1) is 0 Å². The van der Waals surface area contributed by atoms with E-state index in [1.54, 1.807) is 23.3 Å². The number of benzene rings is 1. The molecule has 0 spiro atoms. The first-order valence-electron chi connectivity index (χ1n) is 5.86. The Morgan fingerprint density at radius 3 is 2.76 bits per heavy atom. The fraction of sp³-hybridized carbons (Fsp3) is 0.167. The van der Waals surface area contributed by atoms with Crippen molar-refractivity contribution in [2.24, 2.45) is 5.14 Å². The van der Waals surface area contributed by atoms with Crippen molar-refractivity contribution in [3.05, 3.63) is 42.5 Å². The number of hydrogen-bond acceptors (Lipinski definition) is 5. The van der Waals surface area contributed by atoms with Gasteiger partial charge in [-0.1, -0.05) is 0 Å². The van der Waals surface area contributed by atoms with Gasteiger partial charge in [0.2, 0.25) is 10.0 Å². The van der Waals surface area contributed by atoms with Crippen LogP contribution in [0.15, 0.2) is 41.8 Å². The summed E-state index contributed by atoms with van der Waals surface area (Å²) in [6.07, 6.45) is 4.96. The third kappa shape index (κ3) is 3.80. The number of carboxylic acid groups (broad SMARTS) is 1. The minimum Gasteiger partial charge on any atom is -0.491 e. The van der Waals surface area contributed by atoms with Crippen LogP contribution in [0.4, 0.5) is 0 Å². The smallest absolute Gasteiger partial charge is 0.339 e. The highest BCUT2D eigenvalue weighted by atomic mass is 32.2. The normalized spacial score (nSPS) is 11.3. The van der Waals surface area contributed by atoms with E-state index < -0.39 is 16.0 Å². The Kier molecular flexibility index (Phi) is 4.24. The Balaban J connectivity index is 2.17. The zero-order valence-corrected chi connectivity index (χ0v) is 11.7. The van der Waals surface area contributed by atoms with E-state index in [0.29, 0.717) is 6.54 Å². The van der Waals surface area contributed by atoms with Crippen LogP contribution >= 0.6 is 0 Å². The molecule has 1 aromatic carbocycles. The summed E-state index contributed by atoms with van der Waals surface area (Å²) in [7, 11) is -3.96. The van der Waals surface area contributed by atoms with Crippen LogP contribution in [-0.4, -0.2) is 35.7 Å². The van der Waals surface area contributed by atoms with Crippen molar-refractivity contribution >= 4 is 16.0 Å². The molecular formula is C12H13N3O5S. The van der Waals surface area contributed by atoms with E-state index >= 15 is 0 Å². The number of hydrogen-bond donors (Lipinski definition) is 2. The lowest BCUT2D eigenvalue weighted by Gasteiger charge is -2.10. The maximum absolute atomic E-state index is 11.2. The van der Waals surface area contributed by atoms with Gasteiger partial charge in [0.15, 0.2) is 0 Å². The number of aromatic nitrogens is 2. The van der Waals surface area contributed by atoms with Gasteiger partial charge in [0, 0.05) is 12.4 Å². The quantitative estimate of drug-likeness (QED) is 0.791. The van der Waals surface area contributed by atoms with Gasteiger partial charge in [0.25, 0.3) is 0 Å².